The van der Waals surface area contributed by atoms with Crippen molar-refractivity contribution >= 4 is 17.9 Å². The van der Waals surface area contributed by atoms with E-state index >= 15 is 0 Å². The first-order valence-corrected chi connectivity index (χ1v) is 32.5. The van der Waals surface area contributed by atoms with Crippen molar-refractivity contribution in [1.82, 2.24) is 0 Å². The molecule has 1 atom stereocenters. The van der Waals surface area contributed by atoms with Gasteiger partial charge in [0, 0.05) is 19.3 Å². The van der Waals surface area contributed by atoms with Crippen LogP contribution in [0.4, 0.5) is 0 Å². The van der Waals surface area contributed by atoms with Crippen molar-refractivity contribution in [2.45, 2.75) is 303 Å². The number of hydrogen-bond acceptors (Lipinski definition) is 6. The molecule has 6 nitrogen and oxygen atoms in total. The molecule has 0 bridgehead atoms. The maximum Gasteiger partial charge on any atom is 0.306 e. The molecule has 444 valence electrons. The van der Waals surface area contributed by atoms with E-state index in [0.29, 0.717) is 19.3 Å². The average molecular weight is 1080 g/mol. The second kappa shape index (κ2) is 65.3. The van der Waals surface area contributed by atoms with Gasteiger partial charge in [0.1, 0.15) is 13.2 Å². The Balaban J connectivity index is 4.45. The maximum absolute atomic E-state index is 12.9. The number of carbonyl (C=O) groups excluding carboxylic acids is 3. The first kappa shape index (κ1) is 73.8. The fraction of sp³-hybridized carbons (Fsp3) is 0.681. The number of rotatable bonds is 58. The van der Waals surface area contributed by atoms with Gasteiger partial charge in [0.25, 0.3) is 0 Å². The summed E-state index contributed by atoms with van der Waals surface area (Å²) in [5.41, 5.74) is 0. The second-order valence-corrected chi connectivity index (χ2v) is 21.3. The van der Waals surface area contributed by atoms with Crippen molar-refractivity contribution < 1.29 is 28.6 Å². The van der Waals surface area contributed by atoms with E-state index in [0.717, 1.165) is 135 Å². The van der Waals surface area contributed by atoms with Crippen LogP contribution in [0.25, 0.3) is 0 Å². The Morgan fingerprint density at radius 2 is 0.500 bits per heavy atom. The minimum Gasteiger partial charge on any atom is -0.462 e. The van der Waals surface area contributed by atoms with Gasteiger partial charge in [0.15, 0.2) is 6.10 Å². The highest BCUT2D eigenvalue weighted by atomic mass is 16.6. The highest BCUT2D eigenvalue weighted by Gasteiger charge is 2.19. The molecule has 1 unspecified atom stereocenters. The van der Waals surface area contributed by atoms with Gasteiger partial charge in [-0.15, -0.1) is 0 Å². The second-order valence-electron chi connectivity index (χ2n) is 21.3. The Kier molecular flexibility index (Phi) is 61.8. The molecule has 0 spiro atoms. The van der Waals surface area contributed by atoms with Gasteiger partial charge in [-0.25, -0.2) is 0 Å². The van der Waals surface area contributed by atoms with Crippen LogP contribution >= 0.6 is 0 Å². The summed E-state index contributed by atoms with van der Waals surface area (Å²) in [6.07, 6.45) is 90.6. The minimum atomic E-state index is -0.800. The third-order valence-corrected chi connectivity index (χ3v) is 13.7. The molecule has 0 rings (SSSR count). The van der Waals surface area contributed by atoms with E-state index in [-0.39, 0.29) is 31.1 Å². The molecule has 0 fully saturated rings. The standard InChI is InChI=1S/C72H120O6/c1-4-7-10-13-16-19-22-25-28-31-33-34-35-36-37-38-39-42-44-47-50-53-56-59-62-65-71(74)77-68-69(67-76-70(73)64-61-58-55-52-49-46-43-40-30-27-24-21-18-15-12-9-6-3)78-72(75)66-63-60-57-54-51-48-45-41-32-29-26-23-20-17-14-11-8-5-2/h7,9-10,12,16,18-19,21,25,27-28,30,33-34,36-37,39,42,47,50,69H,4-6,8,11,13-15,17,20,22-24,26,29,31-32,35,38,40-41,43-46,48-49,51-68H2,1-3H3/b10-7-,12-9-,19-16-,21-18-,28-25-,30-27-,34-33-,37-36-,42-39-,50-47-. The Bertz CT molecular complexity index is 1620. The molecular formula is C72H120O6. The van der Waals surface area contributed by atoms with Crippen LogP contribution in [-0.4, -0.2) is 37.2 Å². The van der Waals surface area contributed by atoms with Crippen LogP contribution in [-0.2, 0) is 28.6 Å². The lowest BCUT2D eigenvalue weighted by atomic mass is 10.0. The quantitative estimate of drug-likeness (QED) is 0.0261. The van der Waals surface area contributed by atoms with E-state index in [1.807, 2.05) is 0 Å². The van der Waals surface area contributed by atoms with E-state index < -0.39 is 6.10 Å². The summed E-state index contributed by atoms with van der Waals surface area (Å²) < 4.78 is 16.9. The Morgan fingerprint density at radius 1 is 0.269 bits per heavy atom. The predicted molar refractivity (Wildman–Crippen MR) is 339 cm³/mol. The molecule has 78 heavy (non-hydrogen) atoms. The van der Waals surface area contributed by atoms with E-state index in [1.165, 1.54) is 122 Å². The zero-order chi connectivity index (χ0) is 56.4. The Labute approximate surface area is 482 Å². The molecule has 0 N–H and O–H groups in total. The number of ether oxygens (including phenoxy) is 3. The van der Waals surface area contributed by atoms with E-state index in [4.69, 9.17) is 14.2 Å². The van der Waals surface area contributed by atoms with Crippen LogP contribution < -0.4 is 0 Å². The zero-order valence-corrected chi connectivity index (χ0v) is 50.9. The number of unbranched alkanes of at least 4 members (excludes halogenated alkanes) is 27. The summed E-state index contributed by atoms with van der Waals surface area (Å²) in [4.78, 5) is 38.4. The summed E-state index contributed by atoms with van der Waals surface area (Å²) in [5.74, 6) is -0.928. The van der Waals surface area contributed by atoms with E-state index in [1.54, 1.807) is 0 Å². The summed E-state index contributed by atoms with van der Waals surface area (Å²) in [7, 11) is 0. The number of allylic oxidation sites excluding steroid dienone is 20. The highest BCUT2D eigenvalue weighted by Crippen LogP contribution is 2.16. The third-order valence-electron chi connectivity index (χ3n) is 13.7. The fourth-order valence-corrected chi connectivity index (χ4v) is 8.91. The first-order valence-electron chi connectivity index (χ1n) is 32.5. The lowest BCUT2D eigenvalue weighted by Crippen LogP contribution is -2.30. The fourth-order valence-electron chi connectivity index (χ4n) is 8.91. The normalized spacial score (nSPS) is 12.9. The first-order chi connectivity index (χ1) is 38.5. The lowest BCUT2D eigenvalue weighted by molar-refractivity contribution is -0.167. The van der Waals surface area contributed by atoms with Gasteiger partial charge >= 0.3 is 17.9 Å². The molecule has 0 aliphatic carbocycles. The number of hydrogen-bond donors (Lipinski definition) is 0. The van der Waals surface area contributed by atoms with Crippen molar-refractivity contribution in [1.29, 1.82) is 0 Å². The van der Waals surface area contributed by atoms with Crippen LogP contribution in [0, 0.1) is 0 Å². The lowest BCUT2D eigenvalue weighted by Gasteiger charge is -2.18. The van der Waals surface area contributed by atoms with Gasteiger partial charge in [0.05, 0.1) is 0 Å². The molecule has 0 radical (unpaired) electrons. The van der Waals surface area contributed by atoms with Crippen LogP contribution in [0.5, 0.6) is 0 Å². The molecule has 0 amide bonds. The average Bonchev–Trinajstić information content (AvgIpc) is 3.44. The van der Waals surface area contributed by atoms with Crippen molar-refractivity contribution in [3.63, 3.8) is 0 Å². The number of esters is 3. The molecule has 0 saturated carbocycles. The zero-order valence-electron chi connectivity index (χ0n) is 50.9. The van der Waals surface area contributed by atoms with Gasteiger partial charge in [-0.2, -0.15) is 0 Å². The van der Waals surface area contributed by atoms with E-state index in [9.17, 15) is 14.4 Å². The maximum atomic E-state index is 12.9. The molecule has 0 aromatic carbocycles. The largest absolute Gasteiger partial charge is 0.462 e. The molecular weight excluding hydrogens is 961 g/mol. The SMILES string of the molecule is CC/C=C\C/C=C\C/C=C\C/C=C\C/C=C\C/C=C\C/C=C\CCCCCC(=O)OCC(COC(=O)CCCCCCCCC/C=C\C/C=C\C/C=C\CC)OC(=O)CCCCCCCCCCCCCCCCCCCC. The van der Waals surface area contributed by atoms with Crippen molar-refractivity contribution in [3.8, 4) is 0 Å². The molecule has 0 aromatic rings. The summed E-state index contributed by atoms with van der Waals surface area (Å²) in [5, 5.41) is 0. The van der Waals surface area contributed by atoms with Crippen LogP contribution in [0.2, 0.25) is 0 Å². The Hall–Kier alpha value is -4.19. The smallest absolute Gasteiger partial charge is 0.306 e. The molecule has 6 heteroatoms. The topological polar surface area (TPSA) is 78.9 Å². The van der Waals surface area contributed by atoms with Crippen molar-refractivity contribution in [3.05, 3.63) is 122 Å². The monoisotopic (exact) mass is 1080 g/mol. The molecule has 0 heterocycles. The third kappa shape index (κ3) is 62.7. The summed E-state index contributed by atoms with van der Waals surface area (Å²) in [6.45, 7) is 6.41. The van der Waals surface area contributed by atoms with Gasteiger partial charge < -0.3 is 14.2 Å². The van der Waals surface area contributed by atoms with Crippen LogP contribution in [0.3, 0.4) is 0 Å². The predicted octanol–water partition coefficient (Wildman–Crippen LogP) is 22.4. The van der Waals surface area contributed by atoms with Crippen molar-refractivity contribution in [2.75, 3.05) is 13.2 Å². The summed E-state index contributed by atoms with van der Waals surface area (Å²) in [6, 6.07) is 0. The van der Waals surface area contributed by atoms with Gasteiger partial charge in [-0.05, 0) is 109 Å². The molecule has 0 aliphatic rings. The van der Waals surface area contributed by atoms with Gasteiger partial charge in [-0.1, -0.05) is 290 Å². The molecule has 0 saturated heterocycles. The Morgan fingerprint density at radius 3 is 0.795 bits per heavy atom. The van der Waals surface area contributed by atoms with Gasteiger partial charge in [-0.3, -0.25) is 14.4 Å². The van der Waals surface area contributed by atoms with Gasteiger partial charge in [0.2, 0.25) is 0 Å². The van der Waals surface area contributed by atoms with Crippen LogP contribution in [0.1, 0.15) is 297 Å². The summed E-state index contributed by atoms with van der Waals surface area (Å²) >= 11 is 0. The van der Waals surface area contributed by atoms with Crippen molar-refractivity contribution in [2.24, 2.45) is 0 Å². The van der Waals surface area contributed by atoms with E-state index in [2.05, 4.69) is 142 Å². The molecule has 0 aromatic heterocycles. The number of carbonyl (C=O) groups is 3. The van der Waals surface area contributed by atoms with Crippen LogP contribution in [0.15, 0.2) is 122 Å². The molecule has 0 aliphatic heterocycles. The minimum absolute atomic E-state index is 0.0943. The highest BCUT2D eigenvalue weighted by molar-refractivity contribution is 5.71.